The minimum atomic E-state index is -0.911. The number of nitrogens with zero attached hydrogens (tertiary/aromatic N) is 2. The predicted octanol–water partition coefficient (Wildman–Crippen LogP) is 4.92. The smallest absolute Gasteiger partial charge is 0.305 e. The highest BCUT2D eigenvalue weighted by molar-refractivity contribution is 9.10. The number of fused-ring (bicyclic) bond motifs is 2. The van der Waals surface area contributed by atoms with E-state index in [0.29, 0.717) is 31.4 Å². The number of ether oxygens (including phenoxy) is 1. The van der Waals surface area contributed by atoms with Gasteiger partial charge in [-0.25, -0.2) is 4.90 Å². The van der Waals surface area contributed by atoms with Gasteiger partial charge < -0.3 is 15.0 Å². The van der Waals surface area contributed by atoms with Crippen LogP contribution in [0.15, 0.2) is 87.1 Å². The van der Waals surface area contributed by atoms with Gasteiger partial charge in [-0.1, -0.05) is 57.2 Å². The number of nitro groups is 1. The first-order chi connectivity index (χ1) is 20.2. The van der Waals surface area contributed by atoms with Crippen molar-refractivity contribution in [3.8, 4) is 5.75 Å². The van der Waals surface area contributed by atoms with Gasteiger partial charge in [-0.15, -0.1) is 0 Å². The van der Waals surface area contributed by atoms with Crippen LogP contribution in [0.4, 0.5) is 17.1 Å². The molecule has 42 heavy (non-hydrogen) atoms. The van der Waals surface area contributed by atoms with Crippen LogP contribution >= 0.6 is 39.0 Å². The zero-order valence-corrected chi connectivity index (χ0v) is 24.5. The van der Waals surface area contributed by atoms with Crippen molar-refractivity contribution in [2.75, 3.05) is 16.8 Å². The molecule has 4 aromatic rings. The first-order valence-corrected chi connectivity index (χ1v) is 15.0. The summed E-state index contributed by atoms with van der Waals surface area (Å²) in [6, 6.07) is 19.2. The SMILES string of the molecule is O=C(COc1ccc(Br)cc1[C@@H]1c2sc(=O)[nH]c2S[C@H]2C(=O)N(c3ccc([N+](=O)[O-])cc3)C(=O)[C@@H]12)Nc1ccccc1. The van der Waals surface area contributed by atoms with Crippen LogP contribution in [0, 0.1) is 16.0 Å². The van der Waals surface area contributed by atoms with Gasteiger partial charge in [-0.3, -0.25) is 29.3 Å². The van der Waals surface area contributed by atoms with Gasteiger partial charge in [-0.05, 0) is 42.5 Å². The van der Waals surface area contributed by atoms with Crippen molar-refractivity contribution in [1.29, 1.82) is 0 Å². The summed E-state index contributed by atoms with van der Waals surface area (Å²) in [5.74, 6) is -2.74. The largest absolute Gasteiger partial charge is 0.483 e. The van der Waals surface area contributed by atoms with Crippen LogP contribution in [0.3, 0.4) is 0 Å². The van der Waals surface area contributed by atoms with Gasteiger partial charge in [0.15, 0.2) is 6.61 Å². The monoisotopic (exact) mass is 666 g/mol. The van der Waals surface area contributed by atoms with E-state index in [1.54, 1.807) is 42.5 Å². The molecule has 0 saturated carbocycles. The normalized spacial score (nSPS) is 19.3. The molecule has 3 aromatic carbocycles. The number of thioether (sulfide) groups is 1. The summed E-state index contributed by atoms with van der Waals surface area (Å²) in [6.07, 6.45) is 0. The Labute approximate surface area is 254 Å². The van der Waals surface area contributed by atoms with E-state index >= 15 is 0 Å². The maximum Gasteiger partial charge on any atom is 0.305 e. The highest BCUT2D eigenvalue weighted by Crippen LogP contribution is 2.54. The number of nitro benzene ring substituents is 1. The predicted molar refractivity (Wildman–Crippen MR) is 160 cm³/mol. The number of imide groups is 1. The van der Waals surface area contributed by atoms with Crippen LogP contribution in [-0.4, -0.2) is 39.5 Å². The lowest BCUT2D eigenvalue weighted by molar-refractivity contribution is -0.384. The fraction of sp³-hybridized carbons (Fsp3) is 0.143. The lowest BCUT2D eigenvalue weighted by Crippen LogP contribution is -2.32. The number of non-ortho nitro benzene ring substituents is 1. The Hall–Kier alpha value is -4.27. The Balaban J connectivity index is 1.37. The highest BCUT2D eigenvalue weighted by atomic mass is 79.9. The van der Waals surface area contributed by atoms with Crippen molar-refractivity contribution in [2.24, 2.45) is 5.92 Å². The molecule has 6 rings (SSSR count). The van der Waals surface area contributed by atoms with E-state index < -0.39 is 39.7 Å². The average molecular weight is 668 g/mol. The van der Waals surface area contributed by atoms with Crippen molar-refractivity contribution in [3.63, 3.8) is 0 Å². The van der Waals surface area contributed by atoms with E-state index in [-0.39, 0.29) is 22.9 Å². The Morgan fingerprint density at radius 2 is 1.79 bits per heavy atom. The summed E-state index contributed by atoms with van der Waals surface area (Å²) in [6.45, 7) is -0.322. The molecule has 0 bridgehead atoms. The zero-order chi connectivity index (χ0) is 29.5. The van der Waals surface area contributed by atoms with E-state index in [9.17, 15) is 29.3 Å². The quantitative estimate of drug-likeness (QED) is 0.160. The number of para-hydroxylation sites is 1. The van der Waals surface area contributed by atoms with Crippen LogP contribution < -0.4 is 19.8 Å². The van der Waals surface area contributed by atoms with E-state index in [1.807, 2.05) is 6.07 Å². The summed E-state index contributed by atoms with van der Waals surface area (Å²) in [7, 11) is 0. The standard InChI is InChI=1S/C28H19BrN4O7S2/c29-14-6-11-19(40-13-20(34)30-15-4-2-1-3-5-15)18(12-14)21-22-24(41-25-23(21)42-28(37)31-25)27(36)32(26(22)35)16-7-9-17(10-8-16)33(38)39/h1-12,21-22,24H,13H2,(H,30,34)(H,31,37)/t21-,22-,24+/m0/s1. The van der Waals surface area contributed by atoms with Gasteiger partial charge in [-0.2, -0.15) is 0 Å². The topological polar surface area (TPSA) is 152 Å². The van der Waals surface area contributed by atoms with Gasteiger partial charge in [0, 0.05) is 38.7 Å². The van der Waals surface area contributed by atoms with Crippen molar-refractivity contribution in [1.82, 2.24) is 4.98 Å². The zero-order valence-electron chi connectivity index (χ0n) is 21.3. The number of nitrogens with one attached hydrogen (secondary N) is 2. The average Bonchev–Trinajstić information content (AvgIpc) is 3.47. The van der Waals surface area contributed by atoms with Crippen LogP contribution in [-0.2, 0) is 14.4 Å². The number of halogens is 1. The summed E-state index contributed by atoms with van der Waals surface area (Å²) < 4.78 is 6.63. The molecule has 1 saturated heterocycles. The molecule has 0 unspecified atom stereocenters. The minimum Gasteiger partial charge on any atom is -0.483 e. The number of hydrogen-bond donors (Lipinski definition) is 2. The van der Waals surface area contributed by atoms with Gasteiger partial charge in [0.25, 0.3) is 11.6 Å². The summed E-state index contributed by atoms with van der Waals surface area (Å²) >= 11 is 5.54. The van der Waals surface area contributed by atoms with Crippen LogP contribution in [0.25, 0.3) is 0 Å². The van der Waals surface area contributed by atoms with E-state index in [4.69, 9.17) is 4.74 Å². The molecule has 2 aliphatic heterocycles. The molecule has 1 aromatic heterocycles. The lowest BCUT2D eigenvalue weighted by atomic mass is 9.82. The van der Waals surface area contributed by atoms with Crippen molar-refractivity contribution < 1.29 is 24.0 Å². The molecule has 212 valence electrons. The fourth-order valence-corrected chi connectivity index (χ4v) is 7.97. The number of amides is 3. The number of rotatable bonds is 7. The number of anilines is 2. The summed E-state index contributed by atoms with van der Waals surface area (Å²) in [4.78, 5) is 67.4. The number of hydrogen-bond acceptors (Lipinski definition) is 9. The molecule has 2 aliphatic rings. The maximum atomic E-state index is 14.0. The van der Waals surface area contributed by atoms with Crippen molar-refractivity contribution >= 4 is 73.8 Å². The number of H-pyrrole nitrogens is 1. The molecular weight excluding hydrogens is 648 g/mol. The molecule has 1 fully saturated rings. The van der Waals surface area contributed by atoms with Gasteiger partial charge in [0.1, 0.15) is 11.0 Å². The van der Waals surface area contributed by atoms with Gasteiger partial charge in [0.05, 0.1) is 21.6 Å². The third-order valence-electron chi connectivity index (χ3n) is 6.87. The molecule has 0 radical (unpaired) electrons. The third kappa shape index (κ3) is 5.12. The van der Waals surface area contributed by atoms with Crippen molar-refractivity contribution in [2.45, 2.75) is 16.2 Å². The molecule has 0 spiro atoms. The van der Waals surface area contributed by atoms with E-state index in [2.05, 4.69) is 26.2 Å². The molecule has 3 heterocycles. The first-order valence-electron chi connectivity index (χ1n) is 12.5. The van der Waals surface area contributed by atoms with Gasteiger partial charge >= 0.3 is 4.87 Å². The number of carbonyl (C=O) groups is 3. The Morgan fingerprint density at radius 1 is 1.05 bits per heavy atom. The first kappa shape index (κ1) is 27.9. The minimum absolute atomic E-state index is 0.172. The van der Waals surface area contributed by atoms with E-state index in [1.165, 1.54) is 24.3 Å². The van der Waals surface area contributed by atoms with Crippen LogP contribution in [0.1, 0.15) is 16.4 Å². The number of carbonyl (C=O) groups excluding carboxylic acids is 3. The number of benzene rings is 3. The number of aromatic nitrogens is 1. The number of thiazole rings is 1. The molecule has 14 heteroatoms. The second kappa shape index (κ2) is 11.2. The van der Waals surface area contributed by atoms with Gasteiger partial charge in [0.2, 0.25) is 11.8 Å². The van der Waals surface area contributed by atoms with Crippen molar-refractivity contribution in [3.05, 3.63) is 107 Å². The second-order valence-electron chi connectivity index (χ2n) is 9.42. The molecule has 0 aliphatic carbocycles. The summed E-state index contributed by atoms with van der Waals surface area (Å²) in [5, 5.41) is 13.5. The fourth-order valence-electron chi connectivity index (χ4n) is 5.09. The Kier molecular flexibility index (Phi) is 7.43. The molecule has 3 atom stereocenters. The third-order valence-corrected chi connectivity index (χ3v) is 9.76. The van der Waals surface area contributed by atoms with E-state index in [0.717, 1.165) is 28.0 Å². The van der Waals surface area contributed by atoms with Crippen LogP contribution in [0.2, 0.25) is 0 Å². The molecule has 2 N–H and O–H groups in total. The molecular formula is C28H19BrN4O7S2. The molecule has 3 amide bonds. The summed E-state index contributed by atoms with van der Waals surface area (Å²) in [5.41, 5.74) is 1.17. The Bertz CT molecular complexity index is 1790. The highest BCUT2D eigenvalue weighted by Gasteiger charge is 2.57. The Morgan fingerprint density at radius 3 is 2.50 bits per heavy atom. The van der Waals surface area contributed by atoms with Crippen LogP contribution in [0.5, 0.6) is 5.75 Å². The maximum absolute atomic E-state index is 14.0. The molecule has 11 nitrogen and oxygen atoms in total. The lowest BCUT2D eigenvalue weighted by Gasteiger charge is -2.31. The number of aromatic amines is 1. The second-order valence-corrected chi connectivity index (χ2v) is 12.5.